The number of carbonyl (C=O) groups excluding carboxylic acids is 1. The number of rotatable bonds is 0. The molecule has 1 nitrogen and oxygen atoms in total. The van der Waals surface area contributed by atoms with Gasteiger partial charge in [-0.2, -0.15) is 0 Å². The first kappa shape index (κ1) is 8.75. The lowest BCUT2D eigenvalue weighted by molar-refractivity contribution is -0.130. The van der Waals surface area contributed by atoms with Crippen molar-refractivity contribution >= 4 is 29.0 Å². The van der Waals surface area contributed by atoms with Crippen molar-refractivity contribution in [3.63, 3.8) is 0 Å². The minimum absolute atomic E-state index is 0.0317. The predicted octanol–water partition coefficient (Wildman–Crippen LogP) is 2.70. The van der Waals surface area contributed by atoms with E-state index in [-0.39, 0.29) is 17.6 Å². The Balaban J connectivity index is 2.10. The Kier molecular flexibility index (Phi) is 1.58. The molecule has 0 aliphatic heterocycles. The molecule has 1 aromatic carbocycles. The van der Waals surface area contributed by atoms with E-state index in [1.807, 2.05) is 24.3 Å². The van der Waals surface area contributed by atoms with Gasteiger partial charge in [-0.15, -0.1) is 0 Å². The topological polar surface area (TPSA) is 17.1 Å². The van der Waals surface area contributed by atoms with E-state index in [9.17, 15) is 4.79 Å². The molecule has 2 aliphatic rings. The van der Waals surface area contributed by atoms with Gasteiger partial charge in [0.05, 0.1) is 5.92 Å². The zero-order chi connectivity index (χ0) is 9.92. The minimum Gasteiger partial charge on any atom is -0.296 e. The van der Waals surface area contributed by atoms with Gasteiger partial charge in [0.25, 0.3) is 0 Å². The second-order valence-electron chi connectivity index (χ2n) is 3.97. The maximum atomic E-state index is 11.7. The first-order valence-corrected chi connectivity index (χ1v) is 5.38. The van der Waals surface area contributed by atoms with Gasteiger partial charge in [0.15, 0.2) is 10.1 Å². The number of fused-ring (bicyclic) bond motifs is 3. The normalized spacial score (nSPS) is 32.0. The monoisotopic (exact) mass is 226 g/mol. The smallest absolute Gasteiger partial charge is 0.180 e. The van der Waals surface area contributed by atoms with Crippen LogP contribution < -0.4 is 0 Å². The lowest BCUT2D eigenvalue weighted by Gasteiger charge is -2.41. The number of alkyl halides is 2. The van der Waals surface area contributed by atoms with Gasteiger partial charge >= 0.3 is 0 Å². The summed E-state index contributed by atoms with van der Waals surface area (Å²) in [7, 11) is 0. The molecule has 0 heterocycles. The average molecular weight is 227 g/mol. The van der Waals surface area contributed by atoms with Crippen LogP contribution in [0.4, 0.5) is 0 Å². The summed E-state index contributed by atoms with van der Waals surface area (Å²) in [5, 5.41) is 0. The van der Waals surface area contributed by atoms with Crippen LogP contribution in [-0.4, -0.2) is 10.1 Å². The maximum absolute atomic E-state index is 11.7. The van der Waals surface area contributed by atoms with Crippen LogP contribution in [0.3, 0.4) is 0 Å². The molecule has 1 saturated carbocycles. The summed E-state index contributed by atoms with van der Waals surface area (Å²) in [5.41, 5.74) is 2.35. The van der Waals surface area contributed by atoms with Crippen molar-refractivity contribution < 1.29 is 4.79 Å². The fourth-order valence-corrected chi connectivity index (χ4v) is 3.19. The first-order chi connectivity index (χ1) is 6.62. The van der Waals surface area contributed by atoms with E-state index in [1.54, 1.807) is 0 Å². The molecule has 2 aliphatic carbocycles. The highest BCUT2D eigenvalue weighted by molar-refractivity contribution is 6.61. The molecule has 72 valence electrons. The molecule has 1 fully saturated rings. The summed E-state index contributed by atoms with van der Waals surface area (Å²) < 4.78 is -1.14. The van der Waals surface area contributed by atoms with Crippen molar-refractivity contribution in [3.8, 4) is 0 Å². The number of halogens is 2. The van der Waals surface area contributed by atoms with Crippen molar-refractivity contribution in [2.24, 2.45) is 5.92 Å². The van der Waals surface area contributed by atoms with Crippen molar-refractivity contribution in [2.45, 2.75) is 16.7 Å². The third-order valence-corrected chi connectivity index (χ3v) is 4.24. The summed E-state index contributed by atoms with van der Waals surface area (Å²) in [6.07, 6.45) is 0.833. The second-order valence-corrected chi connectivity index (χ2v) is 5.36. The standard InChI is InChI=1S/C11H8Cl2O/c12-11(13)8-5-6-3-1-2-4-7(6)9(8)10(11)14/h1-4,8-9H,5H2. The highest BCUT2D eigenvalue weighted by atomic mass is 35.5. The molecule has 0 radical (unpaired) electrons. The van der Waals surface area contributed by atoms with Gasteiger partial charge in [-0.05, 0) is 17.5 Å². The number of ketones is 1. The highest BCUT2D eigenvalue weighted by Crippen LogP contribution is 2.59. The molecule has 0 aromatic heterocycles. The first-order valence-electron chi connectivity index (χ1n) is 4.62. The zero-order valence-electron chi connectivity index (χ0n) is 7.34. The van der Waals surface area contributed by atoms with E-state index in [4.69, 9.17) is 23.2 Å². The molecule has 3 heteroatoms. The summed E-state index contributed by atoms with van der Waals surface area (Å²) in [4.78, 5) is 11.7. The van der Waals surface area contributed by atoms with E-state index in [1.165, 1.54) is 5.56 Å². The van der Waals surface area contributed by atoms with E-state index in [2.05, 4.69) is 0 Å². The summed E-state index contributed by atoms with van der Waals surface area (Å²) in [6, 6.07) is 7.99. The Morgan fingerprint density at radius 3 is 2.79 bits per heavy atom. The Morgan fingerprint density at radius 2 is 2.00 bits per heavy atom. The molecule has 1 aromatic rings. The lowest BCUT2D eigenvalue weighted by Crippen LogP contribution is -2.52. The second kappa shape index (κ2) is 2.53. The molecular weight excluding hydrogens is 219 g/mol. The number of hydrogen-bond donors (Lipinski definition) is 0. The van der Waals surface area contributed by atoms with E-state index in [0.29, 0.717) is 0 Å². The van der Waals surface area contributed by atoms with Crippen LogP contribution in [-0.2, 0) is 11.2 Å². The summed E-state index contributed by atoms with van der Waals surface area (Å²) in [5.74, 6) is 0.0210. The van der Waals surface area contributed by atoms with Crippen LogP contribution in [0.5, 0.6) is 0 Å². The van der Waals surface area contributed by atoms with Crippen LogP contribution in [0.1, 0.15) is 17.0 Å². The van der Waals surface area contributed by atoms with Gasteiger partial charge in [0.2, 0.25) is 0 Å². The quantitative estimate of drug-likeness (QED) is 0.623. The van der Waals surface area contributed by atoms with Crippen molar-refractivity contribution in [1.82, 2.24) is 0 Å². The highest BCUT2D eigenvalue weighted by Gasteiger charge is 2.63. The van der Waals surface area contributed by atoms with Crippen LogP contribution in [0.25, 0.3) is 0 Å². The Morgan fingerprint density at radius 1 is 1.29 bits per heavy atom. The van der Waals surface area contributed by atoms with Gasteiger partial charge in [0, 0.05) is 5.92 Å². The SMILES string of the molecule is O=C1C2c3ccccc3CC2C1(Cl)Cl. The third-order valence-electron chi connectivity index (χ3n) is 3.31. The maximum Gasteiger partial charge on any atom is 0.180 e. The molecule has 0 amide bonds. The molecule has 2 unspecified atom stereocenters. The van der Waals surface area contributed by atoms with Crippen molar-refractivity contribution in [1.29, 1.82) is 0 Å². The minimum atomic E-state index is -1.14. The lowest BCUT2D eigenvalue weighted by atomic mass is 9.72. The third kappa shape index (κ3) is 0.850. The Bertz CT molecular complexity index is 425. The average Bonchev–Trinajstić information content (AvgIpc) is 2.54. The number of benzene rings is 1. The Labute approximate surface area is 92.0 Å². The Hall–Kier alpha value is -0.530. The zero-order valence-corrected chi connectivity index (χ0v) is 8.85. The van der Waals surface area contributed by atoms with Gasteiger partial charge in [-0.1, -0.05) is 47.5 Å². The fourth-order valence-electron chi connectivity index (χ4n) is 2.55. The molecular formula is C11H8Cl2O. The van der Waals surface area contributed by atoms with E-state index < -0.39 is 4.33 Å². The van der Waals surface area contributed by atoms with Gasteiger partial charge in [-0.25, -0.2) is 0 Å². The summed E-state index contributed by atoms with van der Waals surface area (Å²) >= 11 is 11.9. The van der Waals surface area contributed by atoms with E-state index in [0.717, 1.165) is 12.0 Å². The number of carbonyl (C=O) groups is 1. The van der Waals surface area contributed by atoms with E-state index >= 15 is 0 Å². The number of Topliss-reactive ketones (excluding diaryl/α,β-unsaturated/α-hetero) is 1. The molecule has 2 atom stereocenters. The molecule has 0 bridgehead atoms. The van der Waals surface area contributed by atoms with Crippen LogP contribution in [0, 0.1) is 5.92 Å². The van der Waals surface area contributed by atoms with Gasteiger partial charge in [0.1, 0.15) is 0 Å². The van der Waals surface area contributed by atoms with Crippen LogP contribution >= 0.6 is 23.2 Å². The van der Waals surface area contributed by atoms with Gasteiger partial charge in [-0.3, -0.25) is 4.79 Å². The summed E-state index contributed by atoms with van der Waals surface area (Å²) in [6.45, 7) is 0. The number of hydrogen-bond acceptors (Lipinski definition) is 1. The molecule has 0 spiro atoms. The fraction of sp³-hybridized carbons (Fsp3) is 0.364. The molecule has 14 heavy (non-hydrogen) atoms. The molecule has 0 N–H and O–H groups in total. The van der Waals surface area contributed by atoms with Crippen molar-refractivity contribution in [2.75, 3.05) is 0 Å². The predicted molar refractivity (Wildman–Crippen MR) is 55.8 cm³/mol. The van der Waals surface area contributed by atoms with Crippen molar-refractivity contribution in [3.05, 3.63) is 35.4 Å². The van der Waals surface area contributed by atoms with Crippen LogP contribution in [0.2, 0.25) is 0 Å². The molecule has 3 rings (SSSR count). The van der Waals surface area contributed by atoms with Crippen LogP contribution in [0.15, 0.2) is 24.3 Å². The molecule has 0 saturated heterocycles. The van der Waals surface area contributed by atoms with Gasteiger partial charge < -0.3 is 0 Å². The largest absolute Gasteiger partial charge is 0.296 e.